The molecular formula is C21H21ClN6O2. The van der Waals surface area contributed by atoms with Crippen LogP contribution in [0.25, 0.3) is 11.2 Å². The van der Waals surface area contributed by atoms with E-state index in [1.54, 1.807) is 10.7 Å². The van der Waals surface area contributed by atoms with Crippen molar-refractivity contribution in [3.8, 4) is 0 Å². The van der Waals surface area contributed by atoms with Crippen LogP contribution in [0.3, 0.4) is 0 Å². The molecule has 9 heteroatoms. The Labute approximate surface area is 178 Å². The molecule has 8 nitrogen and oxygen atoms in total. The van der Waals surface area contributed by atoms with Gasteiger partial charge >= 0.3 is 0 Å². The third-order valence-electron chi connectivity index (χ3n) is 5.31. The maximum Gasteiger partial charge on any atom is 0.249 e. The molecule has 4 N–H and O–H groups in total. The van der Waals surface area contributed by atoms with Crippen LogP contribution < -0.4 is 16.0 Å². The summed E-state index contributed by atoms with van der Waals surface area (Å²) in [5, 5.41) is 24.5. The third kappa shape index (κ3) is 3.59. The van der Waals surface area contributed by atoms with E-state index >= 15 is 0 Å². The Bertz CT molecular complexity index is 1180. The Balaban J connectivity index is 1.61. The van der Waals surface area contributed by atoms with Gasteiger partial charge < -0.3 is 21.1 Å². The minimum atomic E-state index is -0.859. The van der Waals surface area contributed by atoms with Crippen LogP contribution in [0, 0.1) is 0 Å². The minimum Gasteiger partial charge on any atom is -0.379 e. The Morgan fingerprint density at radius 1 is 1.33 bits per heavy atom. The smallest absolute Gasteiger partial charge is 0.249 e. The number of aliphatic hydroxyl groups is 1. The number of carbonyl (C=O) groups is 1. The van der Waals surface area contributed by atoms with Crippen molar-refractivity contribution in [2.24, 2.45) is 0 Å². The molecule has 1 unspecified atom stereocenters. The van der Waals surface area contributed by atoms with Crippen LogP contribution in [-0.4, -0.2) is 37.9 Å². The van der Waals surface area contributed by atoms with Crippen molar-refractivity contribution >= 4 is 45.9 Å². The van der Waals surface area contributed by atoms with Crippen LogP contribution in [0.2, 0.25) is 5.02 Å². The predicted octanol–water partition coefficient (Wildman–Crippen LogP) is 3.31. The molecule has 1 saturated carbocycles. The Morgan fingerprint density at radius 2 is 2.17 bits per heavy atom. The van der Waals surface area contributed by atoms with Crippen LogP contribution in [-0.2, 0) is 4.79 Å². The van der Waals surface area contributed by atoms with Crippen molar-refractivity contribution in [1.82, 2.24) is 19.9 Å². The van der Waals surface area contributed by atoms with Gasteiger partial charge in [0.25, 0.3) is 0 Å². The molecule has 1 atom stereocenters. The van der Waals surface area contributed by atoms with Gasteiger partial charge in [0.05, 0.1) is 17.6 Å². The van der Waals surface area contributed by atoms with Crippen molar-refractivity contribution < 1.29 is 9.90 Å². The molecule has 5 rings (SSSR count). The Morgan fingerprint density at radius 3 is 2.87 bits per heavy atom. The van der Waals surface area contributed by atoms with Crippen molar-refractivity contribution in [3.63, 3.8) is 0 Å². The summed E-state index contributed by atoms with van der Waals surface area (Å²) >= 11 is 6.11. The zero-order chi connectivity index (χ0) is 20.8. The monoisotopic (exact) mass is 424 g/mol. The van der Waals surface area contributed by atoms with Crippen LogP contribution in [0.4, 0.5) is 17.2 Å². The molecule has 1 aromatic carbocycles. The van der Waals surface area contributed by atoms with Crippen LogP contribution >= 0.6 is 11.6 Å². The molecule has 1 aliphatic carbocycles. The Hall–Kier alpha value is -3.10. The van der Waals surface area contributed by atoms with Crippen LogP contribution in [0.15, 0.2) is 42.1 Å². The van der Waals surface area contributed by atoms with Gasteiger partial charge in [-0.1, -0.05) is 17.7 Å². The third-order valence-corrected chi connectivity index (χ3v) is 5.54. The SMILES string of the molecule is CC(=C1CC(O)NC1=O)c1cnc2c(NC3CC3)cc(Nc3cccc(Cl)c3)nn12. The van der Waals surface area contributed by atoms with E-state index in [4.69, 9.17) is 16.7 Å². The van der Waals surface area contributed by atoms with Gasteiger partial charge in [-0.3, -0.25) is 4.79 Å². The van der Waals surface area contributed by atoms with E-state index in [1.807, 2.05) is 37.3 Å². The quantitative estimate of drug-likeness (QED) is 0.468. The first-order valence-electron chi connectivity index (χ1n) is 9.85. The number of fused-ring (bicyclic) bond motifs is 1. The highest BCUT2D eigenvalue weighted by atomic mass is 35.5. The zero-order valence-electron chi connectivity index (χ0n) is 16.3. The van der Waals surface area contributed by atoms with Gasteiger partial charge in [-0.15, -0.1) is 5.10 Å². The number of imidazole rings is 1. The summed E-state index contributed by atoms with van der Waals surface area (Å²) < 4.78 is 1.73. The van der Waals surface area contributed by atoms with E-state index in [0.717, 1.165) is 29.8 Å². The lowest BCUT2D eigenvalue weighted by Gasteiger charge is -2.12. The first kappa shape index (κ1) is 18.9. The molecule has 0 bridgehead atoms. The second-order valence-corrected chi connectivity index (χ2v) is 8.11. The summed E-state index contributed by atoms with van der Waals surface area (Å²) in [5.74, 6) is 0.361. The lowest BCUT2D eigenvalue weighted by atomic mass is 10.1. The number of hydrogen-bond acceptors (Lipinski definition) is 6. The summed E-state index contributed by atoms with van der Waals surface area (Å²) in [7, 11) is 0. The average Bonchev–Trinajstić information content (AvgIpc) is 3.30. The van der Waals surface area contributed by atoms with E-state index in [-0.39, 0.29) is 12.3 Å². The summed E-state index contributed by atoms with van der Waals surface area (Å²) in [6.07, 6.45) is 3.36. The van der Waals surface area contributed by atoms with Gasteiger partial charge in [0.1, 0.15) is 6.23 Å². The summed E-state index contributed by atoms with van der Waals surface area (Å²) in [6.45, 7) is 1.85. The number of halogens is 1. The molecule has 3 aromatic rings. The van der Waals surface area contributed by atoms with Crippen molar-refractivity contribution in [2.45, 2.75) is 38.5 Å². The van der Waals surface area contributed by atoms with E-state index < -0.39 is 6.23 Å². The number of hydrogen-bond donors (Lipinski definition) is 4. The fraction of sp³-hybridized carbons (Fsp3) is 0.286. The summed E-state index contributed by atoms with van der Waals surface area (Å²) in [4.78, 5) is 16.8. The highest BCUT2D eigenvalue weighted by Gasteiger charge is 2.28. The molecule has 2 fully saturated rings. The van der Waals surface area contributed by atoms with Crippen LogP contribution in [0.1, 0.15) is 31.9 Å². The second-order valence-electron chi connectivity index (χ2n) is 7.67. The molecule has 2 aromatic heterocycles. The van der Waals surface area contributed by atoms with Gasteiger partial charge in [-0.2, -0.15) is 0 Å². The number of carbonyl (C=O) groups excluding carboxylic acids is 1. The molecule has 0 radical (unpaired) electrons. The number of nitrogens with zero attached hydrogens (tertiary/aromatic N) is 3. The highest BCUT2D eigenvalue weighted by Crippen LogP contribution is 2.32. The first-order chi connectivity index (χ1) is 14.5. The van der Waals surface area contributed by atoms with Crippen molar-refractivity contribution in [3.05, 3.63) is 52.8 Å². The van der Waals surface area contributed by atoms with Gasteiger partial charge in [0, 0.05) is 34.8 Å². The number of aliphatic hydroxyl groups excluding tert-OH is 1. The van der Waals surface area contributed by atoms with Gasteiger partial charge in [0.15, 0.2) is 11.5 Å². The molecule has 1 saturated heterocycles. The lowest BCUT2D eigenvalue weighted by molar-refractivity contribution is -0.117. The average molecular weight is 425 g/mol. The summed E-state index contributed by atoms with van der Waals surface area (Å²) in [5.41, 5.74) is 4.36. The molecule has 0 spiro atoms. The molecule has 2 aliphatic rings. The van der Waals surface area contributed by atoms with Crippen molar-refractivity contribution in [1.29, 1.82) is 0 Å². The standard InChI is InChI=1S/C21H21ClN6O2/c1-11(15-8-19(29)26-21(15)30)17-10-23-20-16(24-13-5-6-13)9-18(27-28(17)20)25-14-4-2-3-12(22)7-14/h2-4,7,9-10,13,19,24,29H,5-6,8H2,1H3,(H,25,27)(H,26,30). The number of nitrogens with one attached hydrogen (secondary N) is 3. The zero-order valence-corrected chi connectivity index (χ0v) is 17.1. The summed E-state index contributed by atoms with van der Waals surface area (Å²) in [6, 6.07) is 9.79. The van der Waals surface area contributed by atoms with Gasteiger partial charge in [-0.25, -0.2) is 9.50 Å². The van der Waals surface area contributed by atoms with Gasteiger partial charge in [-0.05, 0) is 43.5 Å². The number of amides is 1. The maximum absolute atomic E-state index is 12.2. The fourth-order valence-corrected chi connectivity index (χ4v) is 3.80. The molecule has 1 aliphatic heterocycles. The van der Waals surface area contributed by atoms with E-state index in [9.17, 15) is 9.90 Å². The molecular weight excluding hydrogens is 404 g/mol. The number of allylic oxidation sites excluding steroid dienone is 1. The lowest BCUT2D eigenvalue weighted by Crippen LogP contribution is -2.24. The number of aromatic nitrogens is 3. The van der Waals surface area contributed by atoms with E-state index in [1.165, 1.54) is 0 Å². The maximum atomic E-state index is 12.2. The second kappa shape index (κ2) is 7.30. The fourth-order valence-electron chi connectivity index (χ4n) is 3.61. The number of rotatable bonds is 5. The number of benzene rings is 1. The molecule has 3 heterocycles. The highest BCUT2D eigenvalue weighted by molar-refractivity contribution is 6.30. The van der Waals surface area contributed by atoms with E-state index in [0.29, 0.717) is 33.8 Å². The predicted molar refractivity (Wildman–Crippen MR) is 116 cm³/mol. The topological polar surface area (TPSA) is 104 Å². The van der Waals surface area contributed by atoms with E-state index in [2.05, 4.69) is 20.9 Å². The normalized spacial score (nSPS) is 20.4. The van der Waals surface area contributed by atoms with Gasteiger partial charge in [0.2, 0.25) is 5.91 Å². The van der Waals surface area contributed by atoms with Crippen LogP contribution in [0.5, 0.6) is 0 Å². The van der Waals surface area contributed by atoms with Crippen molar-refractivity contribution in [2.75, 3.05) is 10.6 Å². The molecule has 30 heavy (non-hydrogen) atoms. The molecule has 154 valence electrons. The first-order valence-corrected chi connectivity index (χ1v) is 10.2. The number of anilines is 3. The largest absolute Gasteiger partial charge is 0.379 e. The minimum absolute atomic E-state index is 0.255. The Kier molecular flexibility index (Phi) is 4.60. The molecule has 1 amide bonds.